The van der Waals surface area contributed by atoms with Crippen molar-refractivity contribution in [1.82, 2.24) is 19.1 Å². The third-order valence-electron chi connectivity index (χ3n) is 11.3. The lowest BCUT2D eigenvalue weighted by Crippen LogP contribution is -1.98. The molecule has 0 aliphatic heterocycles. The number of para-hydroxylation sites is 4. The van der Waals surface area contributed by atoms with Crippen LogP contribution in [0.15, 0.2) is 199 Å². The van der Waals surface area contributed by atoms with E-state index in [1.165, 1.54) is 32.6 Å². The zero-order valence-electron chi connectivity index (χ0n) is 30.7. The van der Waals surface area contributed by atoms with Gasteiger partial charge in [-0.15, -0.1) is 0 Å². The van der Waals surface area contributed by atoms with Crippen LogP contribution >= 0.6 is 0 Å². The first-order valence-corrected chi connectivity index (χ1v) is 19.2. The summed E-state index contributed by atoms with van der Waals surface area (Å²) in [6, 6.07) is 68.3. The average Bonchev–Trinajstić information content (AvgIpc) is 3.94. The standard InChI is InChI=1S/C52H32N4O/c1-3-14-33(15-4-1)43-32-44(34-26-27-40-39-21-9-12-25-48(39)57-49(40)31-34)54-52(53-43)35-16-13-19-37(30-35)55-46-24-11-8-22-42(46)50-47(55)29-28-41-38-20-7-10-23-45(38)56(51(41)50)36-17-5-2-6-18-36/h1-32H. The predicted octanol–water partition coefficient (Wildman–Crippen LogP) is 13.6. The Balaban J connectivity index is 1.08. The van der Waals surface area contributed by atoms with Crippen molar-refractivity contribution in [1.29, 1.82) is 0 Å². The fourth-order valence-electron chi connectivity index (χ4n) is 8.78. The first kappa shape index (κ1) is 31.6. The van der Waals surface area contributed by atoms with Gasteiger partial charge < -0.3 is 13.6 Å². The van der Waals surface area contributed by atoms with E-state index >= 15 is 0 Å². The van der Waals surface area contributed by atoms with Gasteiger partial charge in [0.25, 0.3) is 0 Å². The number of rotatable bonds is 5. The molecule has 4 heterocycles. The zero-order valence-corrected chi connectivity index (χ0v) is 30.7. The molecule has 0 N–H and O–H groups in total. The van der Waals surface area contributed by atoms with Crippen LogP contribution < -0.4 is 0 Å². The van der Waals surface area contributed by atoms with E-state index in [9.17, 15) is 0 Å². The lowest BCUT2D eigenvalue weighted by atomic mass is 10.0. The van der Waals surface area contributed by atoms with Crippen LogP contribution in [-0.2, 0) is 0 Å². The van der Waals surface area contributed by atoms with E-state index in [0.717, 1.165) is 72.4 Å². The van der Waals surface area contributed by atoms with E-state index in [1.54, 1.807) is 0 Å². The van der Waals surface area contributed by atoms with Crippen molar-refractivity contribution < 1.29 is 4.42 Å². The number of hydrogen-bond acceptors (Lipinski definition) is 3. The van der Waals surface area contributed by atoms with Crippen LogP contribution in [0, 0.1) is 0 Å². The molecule has 57 heavy (non-hydrogen) atoms. The summed E-state index contributed by atoms with van der Waals surface area (Å²) in [4.78, 5) is 10.5. The second kappa shape index (κ2) is 12.4. The van der Waals surface area contributed by atoms with E-state index in [-0.39, 0.29) is 0 Å². The molecule has 0 unspecified atom stereocenters. The molecule has 0 saturated carbocycles. The van der Waals surface area contributed by atoms with Crippen molar-refractivity contribution in [2.45, 2.75) is 0 Å². The molecular formula is C52H32N4O. The minimum atomic E-state index is 0.658. The largest absolute Gasteiger partial charge is 0.456 e. The molecule has 0 aliphatic carbocycles. The highest BCUT2D eigenvalue weighted by atomic mass is 16.3. The Hall–Kier alpha value is -7.76. The van der Waals surface area contributed by atoms with Gasteiger partial charge in [-0.05, 0) is 66.7 Å². The highest BCUT2D eigenvalue weighted by Crippen LogP contribution is 2.42. The molecule has 0 fully saturated rings. The van der Waals surface area contributed by atoms with Crippen LogP contribution in [0.5, 0.6) is 0 Å². The van der Waals surface area contributed by atoms with Crippen molar-refractivity contribution in [2.24, 2.45) is 0 Å². The Kier molecular flexibility index (Phi) is 6.86. The number of fused-ring (bicyclic) bond motifs is 10. The summed E-state index contributed by atoms with van der Waals surface area (Å²) < 4.78 is 11.1. The fraction of sp³-hybridized carbons (Fsp3) is 0. The Labute approximate surface area is 327 Å². The highest BCUT2D eigenvalue weighted by Gasteiger charge is 2.21. The van der Waals surface area contributed by atoms with Gasteiger partial charge in [-0.3, -0.25) is 0 Å². The second-order valence-electron chi connectivity index (χ2n) is 14.6. The summed E-state index contributed by atoms with van der Waals surface area (Å²) in [7, 11) is 0. The number of hydrogen-bond donors (Lipinski definition) is 0. The minimum absolute atomic E-state index is 0.658. The fourth-order valence-corrected chi connectivity index (χ4v) is 8.78. The number of furan rings is 1. The summed E-state index contributed by atoms with van der Waals surface area (Å²) in [5.74, 6) is 0.658. The molecule has 8 aromatic carbocycles. The van der Waals surface area contributed by atoms with E-state index in [4.69, 9.17) is 14.4 Å². The van der Waals surface area contributed by atoms with E-state index < -0.39 is 0 Å². The topological polar surface area (TPSA) is 48.8 Å². The van der Waals surface area contributed by atoms with Gasteiger partial charge in [-0.1, -0.05) is 127 Å². The summed E-state index contributed by atoms with van der Waals surface area (Å²) in [6.07, 6.45) is 0. The smallest absolute Gasteiger partial charge is 0.160 e. The van der Waals surface area contributed by atoms with E-state index in [2.05, 4.69) is 167 Å². The van der Waals surface area contributed by atoms with Crippen LogP contribution in [0.1, 0.15) is 0 Å². The van der Waals surface area contributed by atoms with Gasteiger partial charge in [-0.2, -0.15) is 0 Å². The molecule has 5 heteroatoms. The maximum absolute atomic E-state index is 6.30. The molecule has 12 rings (SSSR count). The highest BCUT2D eigenvalue weighted by molar-refractivity contribution is 6.26. The molecular weight excluding hydrogens is 697 g/mol. The van der Waals surface area contributed by atoms with Crippen LogP contribution in [0.2, 0.25) is 0 Å². The molecule has 0 saturated heterocycles. The Morgan fingerprint density at radius 2 is 0.965 bits per heavy atom. The summed E-state index contributed by atoms with van der Waals surface area (Å²) in [5.41, 5.74) is 13.2. The number of aromatic nitrogens is 4. The number of nitrogens with zero attached hydrogens (tertiary/aromatic N) is 4. The molecule has 0 bridgehead atoms. The first-order valence-electron chi connectivity index (χ1n) is 19.2. The summed E-state index contributed by atoms with van der Waals surface area (Å²) in [5, 5.41) is 7.10. The maximum Gasteiger partial charge on any atom is 0.160 e. The average molecular weight is 729 g/mol. The van der Waals surface area contributed by atoms with Crippen molar-refractivity contribution in [2.75, 3.05) is 0 Å². The van der Waals surface area contributed by atoms with Gasteiger partial charge in [0, 0.05) is 60.4 Å². The van der Waals surface area contributed by atoms with Crippen molar-refractivity contribution >= 4 is 65.6 Å². The SMILES string of the molecule is c1ccc(-c2cc(-c3ccc4c(c3)oc3ccccc34)nc(-c3cccc(-n4c5ccccc5c5c4ccc4c6ccccc6n(-c6ccccc6)c45)c3)n2)cc1. The van der Waals surface area contributed by atoms with E-state index in [0.29, 0.717) is 5.82 Å². The lowest BCUT2D eigenvalue weighted by molar-refractivity contribution is 0.669. The van der Waals surface area contributed by atoms with Gasteiger partial charge >= 0.3 is 0 Å². The van der Waals surface area contributed by atoms with Gasteiger partial charge in [0.2, 0.25) is 0 Å². The normalized spacial score (nSPS) is 11.9. The molecule has 0 spiro atoms. The molecule has 0 aliphatic rings. The van der Waals surface area contributed by atoms with Gasteiger partial charge in [-0.25, -0.2) is 9.97 Å². The van der Waals surface area contributed by atoms with Crippen molar-refractivity contribution in [3.8, 4) is 45.3 Å². The van der Waals surface area contributed by atoms with Crippen LogP contribution in [0.25, 0.3) is 111 Å². The second-order valence-corrected chi connectivity index (χ2v) is 14.6. The number of benzene rings is 8. The van der Waals surface area contributed by atoms with Crippen LogP contribution in [0.4, 0.5) is 0 Å². The lowest BCUT2D eigenvalue weighted by Gasteiger charge is -2.12. The van der Waals surface area contributed by atoms with Gasteiger partial charge in [0.1, 0.15) is 11.2 Å². The molecule has 266 valence electrons. The maximum atomic E-state index is 6.30. The third-order valence-corrected chi connectivity index (χ3v) is 11.3. The monoisotopic (exact) mass is 728 g/mol. The Bertz CT molecular complexity index is 3520. The molecule has 0 radical (unpaired) electrons. The molecule has 12 aromatic rings. The third kappa shape index (κ3) is 4.89. The molecule has 0 atom stereocenters. The van der Waals surface area contributed by atoms with Gasteiger partial charge in [0.05, 0.1) is 33.5 Å². The molecule has 4 aromatic heterocycles. The Morgan fingerprint density at radius 3 is 1.79 bits per heavy atom. The Morgan fingerprint density at radius 1 is 0.351 bits per heavy atom. The van der Waals surface area contributed by atoms with E-state index in [1.807, 2.05) is 36.4 Å². The predicted molar refractivity (Wildman–Crippen MR) is 234 cm³/mol. The van der Waals surface area contributed by atoms with Crippen LogP contribution in [-0.4, -0.2) is 19.1 Å². The molecule has 0 amide bonds. The minimum Gasteiger partial charge on any atom is -0.456 e. The van der Waals surface area contributed by atoms with Gasteiger partial charge in [0.15, 0.2) is 5.82 Å². The summed E-state index contributed by atoms with van der Waals surface area (Å²) in [6.45, 7) is 0. The van der Waals surface area contributed by atoms with Crippen molar-refractivity contribution in [3.05, 3.63) is 194 Å². The first-order chi connectivity index (χ1) is 28.3. The zero-order chi connectivity index (χ0) is 37.5. The van der Waals surface area contributed by atoms with Crippen LogP contribution in [0.3, 0.4) is 0 Å². The quantitative estimate of drug-likeness (QED) is 0.177. The molecule has 5 nitrogen and oxygen atoms in total. The summed E-state index contributed by atoms with van der Waals surface area (Å²) >= 11 is 0. The van der Waals surface area contributed by atoms with Crippen molar-refractivity contribution in [3.63, 3.8) is 0 Å².